The van der Waals surface area contributed by atoms with E-state index in [0.717, 1.165) is 39.0 Å². The first-order chi connectivity index (χ1) is 22.4. The highest BCUT2D eigenvalue weighted by Gasteiger charge is 2.36. The summed E-state index contributed by atoms with van der Waals surface area (Å²) in [5.74, 6) is -0.532. The molecule has 8 nitrogen and oxygen atoms in total. The maximum atomic E-state index is 14.3. The summed E-state index contributed by atoms with van der Waals surface area (Å²) in [7, 11) is -4.55. The Hall–Kier alpha value is -4.26. The summed E-state index contributed by atoms with van der Waals surface area (Å²) in [6, 6.07) is 24.0. The number of ether oxygens (including phenoxy) is 1. The summed E-state index contributed by atoms with van der Waals surface area (Å²) in [5.41, 5.74) is 4.23. The largest absolute Gasteiger partial charge is 0.573 e. The Balaban J connectivity index is 1.49. The molecule has 0 radical (unpaired) electrons. The predicted octanol–water partition coefficient (Wildman–Crippen LogP) is 7.77. The Kier molecular flexibility index (Phi) is 10.6. The van der Waals surface area contributed by atoms with Gasteiger partial charge in [0.2, 0.25) is 10.0 Å². The summed E-state index contributed by atoms with van der Waals surface area (Å²) in [6.45, 7) is 3.72. The normalized spacial score (nSPS) is 12.1. The molecule has 0 spiro atoms. The van der Waals surface area contributed by atoms with Gasteiger partial charge in [-0.15, -0.1) is 23.4 Å². The third-order valence-electron chi connectivity index (χ3n) is 7.55. The zero-order valence-corrected chi connectivity index (χ0v) is 27.4. The van der Waals surface area contributed by atoms with Crippen LogP contribution in [0.1, 0.15) is 41.2 Å². The van der Waals surface area contributed by atoms with E-state index in [1.54, 1.807) is 29.7 Å². The van der Waals surface area contributed by atoms with Gasteiger partial charge in [0.15, 0.2) is 0 Å². The highest BCUT2D eigenvalue weighted by atomic mass is 35.5. The number of hydrogen-bond donors (Lipinski definition) is 0. The Morgan fingerprint density at radius 3 is 2.38 bits per heavy atom. The first-order valence-electron chi connectivity index (χ1n) is 14.9. The van der Waals surface area contributed by atoms with Crippen LogP contribution in [-0.2, 0) is 29.5 Å². The molecule has 5 aromatic rings. The van der Waals surface area contributed by atoms with Crippen LogP contribution in [0.3, 0.4) is 0 Å². The van der Waals surface area contributed by atoms with Crippen LogP contribution >= 0.6 is 11.6 Å². The van der Waals surface area contributed by atoms with Gasteiger partial charge in [-0.25, -0.2) is 8.42 Å². The van der Waals surface area contributed by atoms with Gasteiger partial charge in [0, 0.05) is 17.3 Å². The van der Waals surface area contributed by atoms with Crippen molar-refractivity contribution in [2.75, 3.05) is 6.54 Å². The lowest BCUT2D eigenvalue weighted by molar-refractivity contribution is -0.275. The Morgan fingerprint density at radius 2 is 1.66 bits per heavy atom. The summed E-state index contributed by atoms with van der Waals surface area (Å²) in [6.07, 6.45) is -1.87. The van der Waals surface area contributed by atoms with Gasteiger partial charge in [0.05, 0.1) is 18.8 Å². The molecule has 0 aliphatic carbocycles. The average Bonchev–Trinajstić information content (AvgIpc) is 3.45. The topological polar surface area (TPSA) is 90.2 Å². The van der Waals surface area contributed by atoms with Gasteiger partial charge < -0.3 is 9.30 Å². The Morgan fingerprint density at radius 1 is 0.915 bits per heavy atom. The Bertz CT molecular complexity index is 1940. The van der Waals surface area contributed by atoms with Crippen LogP contribution in [-0.4, -0.2) is 45.4 Å². The van der Waals surface area contributed by atoms with Gasteiger partial charge in [-0.3, -0.25) is 4.98 Å². The minimum Gasteiger partial charge on any atom is -0.404 e. The fourth-order valence-electron chi connectivity index (χ4n) is 5.12. The van der Waals surface area contributed by atoms with Crippen molar-refractivity contribution < 1.29 is 26.3 Å². The molecule has 2 aromatic heterocycles. The number of aryl methyl sites for hydroxylation is 3. The fraction of sp³-hybridized carbons (Fsp3) is 0.265. The van der Waals surface area contributed by atoms with Crippen molar-refractivity contribution in [3.63, 3.8) is 0 Å². The number of halogens is 4. The number of benzene rings is 3. The third kappa shape index (κ3) is 8.97. The molecule has 0 saturated carbocycles. The molecule has 0 atom stereocenters. The highest BCUT2D eigenvalue weighted by Crippen LogP contribution is 2.37. The second-order valence-corrected chi connectivity index (χ2v) is 13.4. The molecule has 0 unspecified atom stereocenters. The van der Waals surface area contributed by atoms with Crippen LogP contribution < -0.4 is 4.74 Å². The molecule has 47 heavy (non-hydrogen) atoms. The van der Waals surface area contributed by atoms with Gasteiger partial charge in [-0.05, 0) is 85.7 Å². The second-order valence-electron chi connectivity index (χ2n) is 11.1. The Labute approximate surface area is 276 Å². The van der Waals surface area contributed by atoms with Gasteiger partial charge in [0.1, 0.15) is 22.8 Å². The number of aromatic nitrogens is 4. The van der Waals surface area contributed by atoms with Gasteiger partial charge >= 0.3 is 6.36 Å². The molecular formula is C34H33ClF3N5O3S. The van der Waals surface area contributed by atoms with Crippen molar-refractivity contribution in [1.29, 1.82) is 0 Å². The van der Waals surface area contributed by atoms with E-state index in [4.69, 9.17) is 11.6 Å². The van der Waals surface area contributed by atoms with Crippen LogP contribution in [0.5, 0.6) is 5.75 Å². The molecular weight excluding hydrogens is 651 g/mol. The van der Waals surface area contributed by atoms with Crippen molar-refractivity contribution in [2.45, 2.75) is 57.5 Å². The fourth-order valence-corrected chi connectivity index (χ4v) is 6.82. The zero-order valence-electron chi connectivity index (χ0n) is 25.8. The number of sulfonamides is 1. The number of nitrogens with zero attached hydrogens (tertiary/aromatic N) is 5. The van der Waals surface area contributed by atoms with E-state index < -0.39 is 27.0 Å². The van der Waals surface area contributed by atoms with E-state index in [9.17, 15) is 21.6 Å². The average molecular weight is 684 g/mol. The molecule has 13 heteroatoms. The van der Waals surface area contributed by atoms with Crippen molar-refractivity contribution in [3.8, 4) is 16.9 Å². The van der Waals surface area contributed by atoms with Crippen LogP contribution in [0.2, 0.25) is 5.02 Å². The van der Waals surface area contributed by atoms with Crippen molar-refractivity contribution in [2.24, 2.45) is 0 Å². The minimum atomic E-state index is -5.14. The summed E-state index contributed by atoms with van der Waals surface area (Å²) in [4.78, 5) is 3.88. The molecule has 0 N–H and O–H groups in total. The number of hydrogen-bond acceptors (Lipinski definition) is 6. The van der Waals surface area contributed by atoms with E-state index in [1.165, 1.54) is 12.4 Å². The smallest absolute Gasteiger partial charge is 0.404 e. The van der Waals surface area contributed by atoms with Gasteiger partial charge in [-0.2, -0.15) is 4.31 Å². The first-order valence-corrected chi connectivity index (χ1v) is 16.7. The monoisotopic (exact) mass is 683 g/mol. The molecule has 0 aliphatic rings. The maximum absolute atomic E-state index is 14.3. The van der Waals surface area contributed by atoms with Gasteiger partial charge in [-0.1, -0.05) is 66.2 Å². The molecule has 2 heterocycles. The summed E-state index contributed by atoms with van der Waals surface area (Å²) >= 11 is 6.26. The van der Waals surface area contributed by atoms with Crippen LogP contribution in [0.4, 0.5) is 13.2 Å². The minimum absolute atomic E-state index is 0.0193. The summed E-state index contributed by atoms with van der Waals surface area (Å²) in [5, 5.41) is 8.57. The summed E-state index contributed by atoms with van der Waals surface area (Å²) < 4.78 is 76.8. The number of pyridine rings is 1. The van der Waals surface area contributed by atoms with Crippen molar-refractivity contribution in [3.05, 3.63) is 125 Å². The lowest BCUT2D eigenvalue weighted by atomic mass is 10.0. The van der Waals surface area contributed by atoms with Crippen LogP contribution in [0.15, 0.2) is 96.2 Å². The maximum Gasteiger partial charge on any atom is 0.573 e. The quantitative estimate of drug-likeness (QED) is 0.118. The van der Waals surface area contributed by atoms with Crippen LogP contribution in [0, 0.1) is 13.8 Å². The zero-order chi connectivity index (χ0) is 33.6. The van der Waals surface area contributed by atoms with E-state index in [1.807, 2.05) is 55.5 Å². The highest BCUT2D eigenvalue weighted by molar-refractivity contribution is 7.89. The van der Waals surface area contributed by atoms with E-state index in [2.05, 4.69) is 19.9 Å². The lowest BCUT2D eigenvalue weighted by Gasteiger charge is -2.24. The molecule has 0 amide bonds. The predicted molar refractivity (Wildman–Crippen MR) is 173 cm³/mol. The van der Waals surface area contributed by atoms with Crippen LogP contribution in [0.25, 0.3) is 11.1 Å². The molecule has 3 aromatic carbocycles. The van der Waals surface area contributed by atoms with Crippen molar-refractivity contribution in [1.82, 2.24) is 24.1 Å². The molecule has 0 aliphatic heterocycles. The number of rotatable bonds is 13. The van der Waals surface area contributed by atoms with Crippen molar-refractivity contribution >= 4 is 21.6 Å². The molecule has 246 valence electrons. The molecule has 0 saturated heterocycles. The molecule has 5 rings (SSSR count). The molecule has 0 fully saturated rings. The van der Waals surface area contributed by atoms with E-state index in [0.29, 0.717) is 41.2 Å². The van der Waals surface area contributed by atoms with E-state index in [-0.39, 0.29) is 19.6 Å². The molecule has 0 bridgehead atoms. The third-order valence-corrected chi connectivity index (χ3v) is 9.84. The lowest BCUT2D eigenvalue weighted by Crippen LogP contribution is -2.33. The number of unbranched alkanes of at least 4 members (excludes halogenated alkanes) is 1. The van der Waals surface area contributed by atoms with Gasteiger partial charge in [0.25, 0.3) is 0 Å². The number of alkyl halides is 3. The standard InChI is InChI=1S/C34H33ClF3N5O3S/c1-24-14-15-27(19-30(24)35)28-16-17-32(31(20-28)46-34(36,37)38)47(44,45)43(18-7-6-12-26-10-4-3-5-11-26)22-33-41-39-23-42(33)21-29-13-8-9-25(2)40-29/h3-5,8-11,13-17,19-20,23H,6-7,12,18,21-22H2,1-2H3. The van der Waals surface area contributed by atoms with E-state index >= 15 is 0 Å². The second kappa shape index (κ2) is 14.7. The SMILES string of the molecule is Cc1cccc(Cn2cnnc2CN(CCCCc2ccccc2)S(=O)(=O)c2ccc(-c3ccc(C)c(Cl)c3)cc2OC(F)(F)F)n1. The first kappa shape index (κ1) is 34.1.